The SMILES string of the molecule is [B]=Cc1nc(-c2cc(OC)c3ccccc3[nH+]2)cs1. The van der Waals surface area contributed by atoms with Gasteiger partial charge in [-0.3, -0.25) is 0 Å². The van der Waals surface area contributed by atoms with Crippen LogP contribution in [0.25, 0.3) is 22.3 Å². The molecule has 3 nitrogen and oxygen atoms in total. The number of fused-ring (bicyclic) bond motifs is 1. The van der Waals surface area contributed by atoms with E-state index in [-0.39, 0.29) is 0 Å². The third-order valence-electron chi connectivity index (χ3n) is 2.90. The normalized spacial score (nSPS) is 10.5. The molecule has 0 amide bonds. The Labute approximate surface area is 116 Å². The van der Waals surface area contributed by atoms with Crippen LogP contribution in [-0.2, 0) is 0 Å². The zero-order valence-corrected chi connectivity index (χ0v) is 11.2. The second-order valence-corrected chi connectivity index (χ2v) is 4.92. The number of methoxy groups -OCH3 is 1. The zero-order valence-electron chi connectivity index (χ0n) is 10.4. The molecule has 0 saturated heterocycles. The van der Waals surface area contributed by atoms with Crippen molar-refractivity contribution in [2.24, 2.45) is 0 Å². The van der Waals surface area contributed by atoms with Gasteiger partial charge in [0.05, 0.1) is 0 Å². The number of para-hydroxylation sites is 1. The number of hydrogen-bond donors (Lipinski definition) is 0. The first-order chi connectivity index (χ1) is 9.31. The van der Waals surface area contributed by atoms with Crippen LogP contribution >= 0.6 is 11.3 Å². The number of rotatable bonds is 3. The second kappa shape index (κ2) is 4.94. The Balaban J connectivity index is 2.21. The van der Waals surface area contributed by atoms with E-state index in [1.807, 2.05) is 35.7 Å². The van der Waals surface area contributed by atoms with E-state index in [2.05, 4.69) is 9.97 Å². The molecule has 1 radical (unpaired) electrons. The van der Waals surface area contributed by atoms with Gasteiger partial charge in [0.15, 0.2) is 0 Å². The molecule has 0 fully saturated rings. The summed E-state index contributed by atoms with van der Waals surface area (Å²) in [6.07, 6.45) is 0. The number of ether oxygens (including phenoxy) is 1. The summed E-state index contributed by atoms with van der Waals surface area (Å²) >= 11 is 1.51. The second-order valence-electron chi connectivity index (χ2n) is 4.03. The summed E-state index contributed by atoms with van der Waals surface area (Å²) in [6.45, 7) is 0. The quantitative estimate of drug-likeness (QED) is 0.681. The molecule has 0 saturated carbocycles. The predicted octanol–water partition coefficient (Wildman–Crippen LogP) is 2.10. The first kappa shape index (κ1) is 12.1. The first-order valence-corrected chi connectivity index (χ1v) is 6.69. The van der Waals surface area contributed by atoms with Gasteiger partial charge >= 0.3 is 115 Å². The van der Waals surface area contributed by atoms with E-state index in [1.54, 1.807) is 7.11 Å². The summed E-state index contributed by atoms with van der Waals surface area (Å²) in [5.74, 6) is 2.34. The Morgan fingerprint density at radius 1 is 1.37 bits per heavy atom. The molecule has 0 spiro atoms. The van der Waals surface area contributed by atoms with Crippen molar-refractivity contribution in [2.45, 2.75) is 0 Å². The Morgan fingerprint density at radius 2 is 2.21 bits per heavy atom. The van der Waals surface area contributed by atoms with Crippen molar-refractivity contribution < 1.29 is 9.72 Å². The Bertz CT molecular complexity index is 754. The van der Waals surface area contributed by atoms with Gasteiger partial charge in [-0.2, -0.15) is 0 Å². The van der Waals surface area contributed by atoms with Crippen LogP contribution in [0.2, 0.25) is 0 Å². The first-order valence-electron chi connectivity index (χ1n) is 5.81. The number of aromatic nitrogens is 2. The number of nitrogens with zero attached hydrogens (tertiary/aromatic N) is 1. The van der Waals surface area contributed by atoms with E-state index in [9.17, 15) is 0 Å². The van der Waals surface area contributed by atoms with Crippen molar-refractivity contribution in [3.8, 4) is 17.1 Å². The van der Waals surface area contributed by atoms with Gasteiger partial charge < -0.3 is 0 Å². The van der Waals surface area contributed by atoms with E-state index in [0.29, 0.717) is 0 Å². The van der Waals surface area contributed by atoms with Crippen molar-refractivity contribution in [1.82, 2.24) is 4.98 Å². The van der Waals surface area contributed by atoms with Crippen LogP contribution in [0.5, 0.6) is 5.75 Å². The van der Waals surface area contributed by atoms with Gasteiger partial charge in [-0.1, -0.05) is 0 Å². The van der Waals surface area contributed by atoms with Gasteiger partial charge in [0, 0.05) is 0 Å². The van der Waals surface area contributed by atoms with Crippen LogP contribution in [0.3, 0.4) is 0 Å². The van der Waals surface area contributed by atoms with E-state index in [4.69, 9.17) is 12.2 Å². The molecule has 1 aromatic carbocycles. The fraction of sp³-hybridized carbons (Fsp3) is 0.0714. The molecule has 5 heteroatoms. The standard InChI is InChI=1S/C14H10BN2OS/c1-18-13-6-11(12-8-19-14(7-15)17-12)16-10-5-3-2-4-9(10)13/h2-8H,1H3/p+1. The van der Waals surface area contributed by atoms with Crippen LogP contribution in [0, 0.1) is 0 Å². The van der Waals surface area contributed by atoms with E-state index < -0.39 is 0 Å². The van der Waals surface area contributed by atoms with Gasteiger partial charge in [-0.25, -0.2) is 0 Å². The molecule has 1 N–H and O–H groups in total. The van der Waals surface area contributed by atoms with Crippen LogP contribution in [0.4, 0.5) is 0 Å². The molecule has 91 valence electrons. The minimum atomic E-state index is 0.801. The molecule has 19 heavy (non-hydrogen) atoms. The Hall–Kier alpha value is -2.01. The van der Waals surface area contributed by atoms with Crippen molar-refractivity contribution in [1.29, 1.82) is 0 Å². The molecule has 0 bridgehead atoms. The summed E-state index contributed by atoms with van der Waals surface area (Å²) in [7, 11) is 7.15. The number of aromatic amines is 1. The summed E-state index contributed by atoms with van der Waals surface area (Å²) in [5.41, 5.74) is 2.80. The fourth-order valence-corrected chi connectivity index (χ4v) is 2.63. The van der Waals surface area contributed by atoms with Gasteiger partial charge in [0.1, 0.15) is 0 Å². The van der Waals surface area contributed by atoms with Crippen LogP contribution < -0.4 is 9.72 Å². The van der Waals surface area contributed by atoms with Gasteiger partial charge in [0.2, 0.25) is 0 Å². The summed E-state index contributed by atoms with van der Waals surface area (Å²) < 4.78 is 5.45. The molecule has 0 aliphatic carbocycles. The number of benzene rings is 1. The summed E-state index contributed by atoms with van der Waals surface area (Å²) in [6, 6.07) is 9.97. The number of pyridine rings is 1. The average Bonchev–Trinajstić information content (AvgIpc) is 2.95. The van der Waals surface area contributed by atoms with Gasteiger partial charge in [-0.15, -0.1) is 0 Å². The molecule has 2 aromatic heterocycles. The summed E-state index contributed by atoms with van der Waals surface area (Å²) in [5, 5.41) is 3.82. The van der Waals surface area contributed by atoms with E-state index >= 15 is 0 Å². The zero-order chi connectivity index (χ0) is 13.2. The molecule has 0 atom stereocenters. The number of nitrogens with one attached hydrogen (secondary N) is 1. The van der Waals surface area contributed by atoms with Crippen LogP contribution in [0.15, 0.2) is 35.7 Å². The fourth-order valence-electron chi connectivity index (χ4n) is 1.99. The molecule has 2 heterocycles. The third kappa shape index (κ3) is 2.17. The molecule has 0 aliphatic rings. The Kier molecular flexibility index (Phi) is 3.13. The van der Waals surface area contributed by atoms with Crippen LogP contribution in [0.1, 0.15) is 5.01 Å². The number of thiazole rings is 1. The molecule has 0 unspecified atom stereocenters. The molecule has 3 aromatic rings. The van der Waals surface area contributed by atoms with E-state index in [1.165, 1.54) is 17.3 Å². The predicted molar refractivity (Wildman–Crippen MR) is 79.1 cm³/mol. The van der Waals surface area contributed by atoms with Crippen molar-refractivity contribution in [2.75, 3.05) is 7.11 Å². The maximum absolute atomic E-state index is 5.48. The minimum absolute atomic E-state index is 0.801. The number of H-pyrrole nitrogens is 1. The van der Waals surface area contributed by atoms with Gasteiger partial charge in [-0.05, 0) is 0 Å². The van der Waals surface area contributed by atoms with Crippen molar-refractivity contribution >= 4 is 35.7 Å². The number of hydrogen-bond acceptors (Lipinski definition) is 3. The Morgan fingerprint density at radius 3 is 2.95 bits per heavy atom. The summed E-state index contributed by atoms with van der Waals surface area (Å²) in [4.78, 5) is 7.80. The molecular formula is C14H11BN2OS+. The topological polar surface area (TPSA) is 36.3 Å². The third-order valence-corrected chi connectivity index (χ3v) is 3.71. The van der Waals surface area contributed by atoms with Crippen molar-refractivity contribution in [3.05, 3.63) is 40.7 Å². The maximum atomic E-state index is 5.48. The van der Waals surface area contributed by atoms with E-state index in [0.717, 1.165) is 33.0 Å². The molecule has 0 aliphatic heterocycles. The molecular weight excluding hydrogens is 255 g/mol. The molecule has 3 rings (SSSR count). The monoisotopic (exact) mass is 266 g/mol. The van der Waals surface area contributed by atoms with Crippen molar-refractivity contribution in [3.63, 3.8) is 0 Å². The average molecular weight is 266 g/mol. The van der Waals surface area contributed by atoms with Crippen LogP contribution in [-0.4, -0.2) is 25.5 Å². The van der Waals surface area contributed by atoms with Gasteiger partial charge in [0.25, 0.3) is 0 Å².